The van der Waals surface area contributed by atoms with Crippen molar-refractivity contribution in [1.82, 2.24) is 10.2 Å². The number of hydrogen-bond donors (Lipinski definition) is 1. The molecule has 3 fully saturated rings. The van der Waals surface area contributed by atoms with E-state index in [1.165, 1.54) is 64.5 Å². The van der Waals surface area contributed by atoms with Crippen LogP contribution in [0.3, 0.4) is 0 Å². The molecule has 166 valence electrons. The van der Waals surface area contributed by atoms with Gasteiger partial charge in [-0.05, 0) is 75.9 Å². The van der Waals surface area contributed by atoms with Gasteiger partial charge in [-0.25, -0.2) is 0 Å². The van der Waals surface area contributed by atoms with Crippen LogP contribution in [0.5, 0.6) is 5.75 Å². The molecule has 1 aromatic carbocycles. The second kappa shape index (κ2) is 11.1. The van der Waals surface area contributed by atoms with Gasteiger partial charge >= 0.3 is 0 Å². The Labute approximate surface area is 182 Å². The molecule has 3 aliphatic rings. The number of piperidine rings is 1. The average molecular weight is 414 g/mol. The molecule has 0 radical (unpaired) electrons. The predicted octanol–water partition coefficient (Wildman–Crippen LogP) is 4.36. The molecular weight excluding hydrogens is 374 g/mol. The highest BCUT2D eigenvalue weighted by molar-refractivity contribution is 5.96. The maximum Gasteiger partial charge on any atom is 0.227 e. The van der Waals surface area contributed by atoms with Crippen LogP contribution < -0.4 is 15.0 Å². The SMILES string of the molecule is O=C1CC[C@@H](CNC2CCCCC2)N1c1ccc(OCCCN2CCCCC2)cc1. The standard InChI is InChI=1S/C25H39N3O2/c29-25-15-12-23(20-26-21-8-3-1-4-9-21)28(25)22-10-13-24(14-11-22)30-19-7-18-27-16-5-2-6-17-27/h10-11,13-14,21,23,26H,1-9,12,15-20H2/t23-/m0/s1. The second-order valence-electron chi connectivity index (χ2n) is 9.30. The van der Waals surface area contributed by atoms with Crippen LogP contribution in [0.4, 0.5) is 5.69 Å². The summed E-state index contributed by atoms with van der Waals surface area (Å²) >= 11 is 0. The molecule has 1 atom stereocenters. The van der Waals surface area contributed by atoms with Gasteiger partial charge in [0, 0.05) is 37.3 Å². The first-order valence-electron chi connectivity index (χ1n) is 12.3. The highest BCUT2D eigenvalue weighted by Gasteiger charge is 2.32. The van der Waals surface area contributed by atoms with Crippen LogP contribution in [0.25, 0.3) is 0 Å². The summed E-state index contributed by atoms with van der Waals surface area (Å²) in [4.78, 5) is 17.1. The minimum absolute atomic E-state index is 0.251. The minimum atomic E-state index is 0.251. The van der Waals surface area contributed by atoms with E-state index in [-0.39, 0.29) is 11.9 Å². The average Bonchev–Trinajstić information content (AvgIpc) is 3.17. The van der Waals surface area contributed by atoms with Crippen molar-refractivity contribution in [3.8, 4) is 5.75 Å². The molecule has 2 saturated heterocycles. The summed E-state index contributed by atoms with van der Waals surface area (Å²) in [6, 6.07) is 9.06. The number of carbonyl (C=O) groups is 1. The number of likely N-dealkylation sites (tertiary alicyclic amines) is 1. The summed E-state index contributed by atoms with van der Waals surface area (Å²) in [6.45, 7) is 5.29. The highest BCUT2D eigenvalue weighted by Crippen LogP contribution is 2.28. The number of hydrogen-bond acceptors (Lipinski definition) is 4. The van der Waals surface area contributed by atoms with E-state index in [0.717, 1.165) is 44.0 Å². The summed E-state index contributed by atoms with van der Waals surface area (Å²) < 4.78 is 5.95. The van der Waals surface area contributed by atoms with Gasteiger partial charge in [0.25, 0.3) is 0 Å². The van der Waals surface area contributed by atoms with E-state index in [1.54, 1.807) is 0 Å². The van der Waals surface area contributed by atoms with Crippen LogP contribution in [-0.4, -0.2) is 55.7 Å². The Balaban J connectivity index is 1.23. The number of rotatable bonds is 9. The lowest BCUT2D eigenvalue weighted by Gasteiger charge is -2.29. The van der Waals surface area contributed by atoms with Crippen molar-refractivity contribution in [2.24, 2.45) is 0 Å². The lowest BCUT2D eigenvalue weighted by molar-refractivity contribution is -0.117. The Hall–Kier alpha value is -1.59. The maximum atomic E-state index is 12.5. The summed E-state index contributed by atoms with van der Waals surface area (Å²) in [5.41, 5.74) is 1.01. The van der Waals surface area contributed by atoms with E-state index >= 15 is 0 Å². The lowest BCUT2D eigenvalue weighted by atomic mass is 9.95. The van der Waals surface area contributed by atoms with Crippen molar-refractivity contribution in [2.75, 3.05) is 37.7 Å². The Kier molecular flexibility index (Phi) is 8.04. The monoisotopic (exact) mass is 413 g/mol. The van der Waals surface area contributed by atoms with E-state index in [4.69, 9.17) is 4.74 Å². The Morgan fingerprint density at radius 1 is 0.933 bits per heavy atom. The fraction of sp³-hybridized carbons (Fsp3) is 0.720. The number of nitrogens with one attached hydrogen (secondary N) is 1. The first-order chi connectivity index (χ1) is 14.8. The number of ether oxygens (including phenoxy) is 1. The Morgan fingerprint density at radius 3 is 2.43 bits per heavy atom. The van der Waals surface area contributed by atoms with Crippen molar-refractivity contribution in [3.05, 3.63) is 24.3 Å². The molecule has 30 heavy (non-hydrogen) atoms. The predicted molar refractivity (Wildman–Crippen MR) is 122 cm³/mol. The van der Waals surface area contributed by atoms with Crippen LogP contribution in [-0.2, 0) is 4.79 Å². The van der Waals surface area contributed by atoms with Gasteiger partial charge in [-0.2, -0.15) is 0 Å². The molecule has 1 aromatic rings. The van der Waals surface area contributed by atoms with Gasteiger partial charge in [0.1, 0.15) is 5.75 Å². The molecule has 0 unspecified atom stereocenters. The van der Waals surface area contributed by atoms with Crippen LogP contribution in [0.15, 0.2) is 24.3 Å². The van der Waals surface area contributed by atoms with Crippen molar-refractivity contribution >= 4 is 11.6 Å². The smallest absolute Gasteiger partial charge is 0.227 e. The number of amides is 1. The number of anilines is 1. The summed E-state index contributed by atoms with van der Waals surface area (Å²) in [5, 5.41) is 3.73. The molecule has 4 rings (SSSR count). The van der Waals surface area contributed by atoms with Crippen LogP contribution >= 0.6 is 0 Å². The van der Waals surface area contributed by atoms with Gasteiger partial charge in [0.2, 0.25) is 5.91 Å². The molecule has 5 nitrogen and oxygen atoms in total. The molecule has 0 aromatic heterocycles. The zero-order valence-electron chi connectivity index (χ0n) is 18.5. The molecule has 1 aliphatic carbocycles. The van der Waals surface area contributed by atoms with E-state index in [1.807, 2.05) is 17.0 Å². The maximum absolute atomic E-state index is 12.5. The topological polar surface area (TPSA) is 44.8 Å². The summed E-state index contributed by atoms with van der Waals surface area (Å²) in [6.07, 6.45) is 13.4. The van der Waals surface area contributed by atoms with Crippen molar-refractivity contribution in [2.45, 2.75) is 82.7 Å². The van der Waals surface area contributed by atoms with Gasteiger partial charge in [-0.3, -0.25) is 4.79 Å². The van der Waals surface area contributed by atoms with E-state index in [0.29, 0.717) is 12.5 Å². The van der Waals surface area contributed by atoms with Crippen molar-refractivity contribution in [3.63, 3.8) is 0 Å². The number of carbonyl (C=O) groups excluding carboxylic acids is 1. The molecule has 2 aliphatic heterocycles. The number of nitrogens with zero attached hydrogens (tertiary/aromatic N) is 2. The van der Waals surface area contributed by atoms with Crippen molar-refractivity contribution < 1.29 is 9.53 Å². The summed E-state index contributed by atoms with van der Waals surface area (Å²) in [7, 11) is 0. The minimum Gasteiger partial charge on any atom is -0.494 e. The van der Waals surface area contributed by atoms with Gasteiger partial charge in [-0.1, -0.05) is 25.7 Å². The first-order valence-corrected chi connectivity index (χ1v) is 12.3. The largest absolute Gasteiger partial charge is 0.494 e. The number of benzene rings is 1. The summed E-state index contributed by atoms with van der Waals surface area (Å²) in [5.74, 6) is 1.15. The highest BCUT2D eigenvalue weighted by atomic mass is 16.5. The van der Waals surface area contributed by atoms with Crippen LogP contribution in [0.2, 0.25) is 0 Å². The van der Waals surface area contributed by atoms with Crippen LogP contribution in [0.1, 0.15) is 70.6 Å². The van der Waals surface area contributed by atoms with E-state index < -0.39 is 0 Å². The molecule has 1 amide bonds. The quantitative estimate of drug-likeness (QED) is 0.611. The van der Waals surface area contributed by atoms with E-state index in [2.05, 4.69) is 22.3 Å². The molecule has 0 spiro atoms. The lowest BCUT2D eigenvalue weighted by Crippen LogP contribution is -2.43. The van der Waals surface area contributed by atoms with Crippen molar-refractivity contribution in [1.29, 1.82) is 0 Å². The van der Waals surface area contributed by atoms with Crippen LogP contribution in [0, 0.1) is 0 Å². The fourth-order valence-electron chi connectivity index (χ4n) is 5.26. The third kappa shape index (κ3) is 5.98. The first kappa shape index (κ1) is 21.6. The second-order valence-corrected chi connectivity index (χ2v) is 9.30. The fourth-order valence-corrected chi connectivity index (χ4v) is 5.26. The van der Waals surface area contributed by atoms with Gasteiger partial charge < -0.3 is 19.9 Å². The zero-order valence-corrected chi connectivity index (χ0v) is 18.5. The third-order valence-corrected chi connectivity index (χ3v) is 7.02. The van der Waals surface area contributed by atoms with Gasteiger partial charge in [0.05, 0.1) is 6.61 Å². The molecule has 5 heteroatoms. The van der Waals surface area contributed by atoms with Gasteiger partial charge in [-0.15, -0.1) is 0 Å². The molecule has 1 N–H and O–H groups in total. The zero-order chi connectivity index (χ0) is 20.6. The van der Waals surface area contributed by atoms with E-state index in [9.17, 15) is 4.79 Å². The third-order valence-electron chi connectivity index (χ3n) is 7.02. The molecule has 1 saturated carbocycles. The molecule has 2 heterocycles. The molecule has 0 bridgehead atoms. The molecular formula is C25H39N3O2. The Bertz CT molecular complexity index is 651. The Morgan fingerprint density at radius 2 is 1.67 bits per heavy atom. The van der Waals surface area contributed by atoms with Gasteiger partial charge in [0.15, 0.2) is 0 Å². The normalized spacial score (nSPS) is 23.8.